The maximum Gasteiger partial charge on any atom is 0.254 e. The van der Waals surface area contributed by atoms with E-state index in [1.54, 1.807) is 6.07 Å². The molecule has 0 saturated carbocycles. The highest BCUT2D eigenvalue weighted by molar-refractivity contribution is 5.94. The molecule has 20 heavy (non-hydrogen) atoms. The maximum atomic E-state index is 13.9. The third kappa shape index (κ3) is 3.80. The lowest BCUT2D eigenvalue weighted by molar-refractivity contribution is 0.0694. The van der Waals surface area contributed by atoms with Crippen LogP contribution in [-0.4, -0.2) is 31.7 Å². The van der Waals surface area contributed by atoms with Gasteiger partial charge < -0.3 is 15.8 Å². The molecule has 0 aromatic heterocycles. The summed E-state index contributed by atoms with van der Waals surface area (Å²) < 4.78 is 19.1. The fraction of sp³-hybridized carbons (Fsp3) is 0.400. The first kappa shape index (κ1) is 14.5. The van der Waals surface area contributed by atoms with Crippen LogP contribution in [0.15, 0.2) is 18.2 Å². The van der Waals surface area contributed by atoms with Gasteiger partial charge >= 0.3 is 0 Å². The van der Waals surface area contributed by atoms with Crippen molar-refractivity contribution in [3.05, 3.63) is 35.1 Å². The summed E-state index contributed by atoms with van der Waals surface area (Å²) in [7, 11) is 0. The van der Waals surface area contributed by atoms with Crippen molar-refractivity contribution >= 4 is 5.91 Å². The van der Waals surface area contributed by atoms with Crippen LogP contribution < -0.4 is 11.1 Å². The number of rotatable bonds is 2. The molecule has 0 aliphatic carbocycles. The average molecular weight is 276 g/mol. The summed E-state index contributed by atoms with van der Waals surface area (Å²) in [6.45, 7) is 1.47. The third-order valence-electron chi connectivity index (χ3n) is 3.11. The Morgan fingerprint density at radius 1 is 1.45 bits per heavy atom. The molecule has 0 atom stereocenters. The molecule has 106 valence electrons. The molecule has 5 heteroatoms. The van der Waals surface area contributed by atoms with Gasteiger partial charge in [0.05, 0.1) is 12.1 Å². The molecule has 0 bridgehead atoms. The standard InChI is InChI=1S/C15H17FN2O2/c16-14-10-11(2-1-7-17)3-4-13(14)15(19)18-12-5-8-20-9-6-12/h3-4,10,12H,5-9,17H2,(H,18,19). The Labute approximate surface area is 117 Å². The zero-order chi connectivity index (χ0) is 14.4. The Balaban J connectivity index is 2.05. The van der Waals surface area contributed by atoms with Gasteiger partial charge in [0, 0.05) is 24.8 Å². The number of benzene rings is 1. The van der Waals surface area contributed by atoms with E-state index in [-0.39, 0.29) is 18.2 Å². The minimum absolute atomic E-state index is 0.0368. The normalized spacial score (nSPS) is 15.3. The van der Waals surface area contributed by atoms with E-state index in [4.69, 9.17) is 10.5 Å². The van der Waals surface area contributed by atoms with Crippen LogP contribution in [0, 0.1) is 17.7 Å². The van der Waals surface area contributed by atoms with Gasteiger partial charge in [0.25, 0.3) is 5.91 Å². The second kappa shape index (κ2) is 7.04. The van der Waals surface area contributed by atoms with E-state index in [0.29, 0.717) is 18.8 Å². The molecule has 1 aromatic carbocycles. The van der Waals surface area contributed by atoms with Crippen molar-refractivity contribution in [2.24, 2.45) is 5.73 Å². The van der Waals surface area contributed by atoms with E-state index >= 15 is 0 Å². The van der Waals surface area contributed by atoms with Crippen LogP contribution in [-0.2, 0) is 4.74 Å². The van der Waals surface area contributed by atoms with Crippen molar-refractivity contribution in [3.8, 4) is 11.8 Å². The molecule has 0 radical (unpaired) electrons. The number of hydrogen-bond donors (Lipinski definition) is 2. The van der Waals surface area contributed by atoms with Gasteiger partial charge in [0.15, 0.2) is 0 Å². The molecule has 0 spiro atoms. The quantitative estimate of drug-likeness (QED) is 0.793. The number of nitrogens with two attached hydrogens (primary N) is 1. The number of carbonyl (C=O) groups is 1. The van der Waals surface area contributed by atoms with Gasteiger partial charge in [-0.1, -0.05) is 11.8 Å². The van der Waals surface area contributed by atoms with Crippen molar-refractivity contribution in [2.45, 2.75) is 18.9 Å². The van der Waals surface area contributed by atoms with E-state index < -0.39 is 11.7 Å². The van der Waals surface area contributed by atoms with Gasteiger partial charge in [0.1, 0.15) is 5.82 Å². The highest BCUT2D eigenvalue weighted by Gasteiger charge is 2.19. The number of carbonyl (C=O) groups excluding carboxylic acids is 1. The average Bonchev–Trinajstić information content (AvgIpc) is 2.46. The van der Waals surface area contributed by atoms with Gasteiger partial charge in [-0.3, -0.25) is 4.79 Å². The van der Waals surface area contributed by atoms with Crippen LogP contribution in [0.1, 0.15) is 28.8 Å². The minimum atomic E-state index is -0.571. The van der Waals surface area contributed by atoms with E-state index in [9.17, 15) is 9.18 Å². The Kier molecular flexibility index (Phi) is 5.10. The van der Waals surface area contributed by atoms with Gasteiger partial charge in [-0.15, -0.1) is 0 Å². The molecule has 1 amide bonds. The summed E-state index contributed by atoms with van der Waals surface area (Å²) >= 11 is 0. The van der Waals surface area contributed by atoms with Crippen LogP contribution in [0.4, 0.5) is 4.39 Å². The Bertz CT molecular complexity index is 543. The minimum Gasteiger partial charge on any atom is -0.381 e. The summed E-state index contributed by atoms with van der Waals surface area (Å²) in [4.78, 5) is 12.0. The predicted molar refractivity (Wildman–Crippen MR) is 73.6 cm³/mol. The third-order valence-corrected chi connectivity index (χ3v) is 3.11. The van der Waals surface area contributed by atoms with Crippen molar-refractivity contribution in [1.29, 1.82) is 0 Å². The number of ether oxygens (including phenoxy) is 1. The van der Waals surface area contributed by atoms with Crippen molar-refractivity contribution in [3.63, 3.8) is 0 Å². The topological polar surface area (TPSA) is 64.4 Å². The smallest absolute Gasteiger partial charge is 0.254 e. The molecule has 1 aliphatic rings. The van der Waals surface area contributed by atoms with Gasteiger partial charge in [-0.2, -0.15) is 0 Å². The molecule has 1 fully saturated rings. The summed E-state index contributed by atoms with van der Waals surface area (Å²) in [6.07, 6.45) is 1.51. The number of amides is 1. The summed E-state index contributed by atoms with van der Waals surface area (Å²) in [6, 6.07) is 4.36. The Morgan fingerprint density at radius 3 is 2.85 bits per heavy atom. The van der Waals surface area contributed by atoms with Crippen LogP contribution in [0.25, 0.3) is 0 Å². The van der Waals surface area contributed by atoms with Crippen LogP contribution in [0.3, 0.4) is 0 Å². The Morgan fingerprint density at radius 2 is 2.20 bits per heavy atom. The molecule has 1 aliphatic heterocycles. The van der Waals surface area contributed by atoms with E-state index in [1.807, 2.05) is 0 Å². The molecular weight excluding hydrogens is 259 g/mol. The SMILES string of the molecule is NCC#Cc1ccc(C(=O)NC2CCOCC2)c(F)c1. The molecule has 2 rings (SSSR count). The van der Waals surface area contributed by atoms with E-state index in [2.05, 4.69) is 17.2 Å². The first-order chi connectivity index (χ1) is 9.70. The lowest BCUT2D eigenvalue weighted by Gasteiger charge is -2.23. The number of hydrogen-bond acceptors (Lipinski definition) is 3. The van der Waals surface area contributed by atoms with Gasteiger partial charge in [-0.25, -0.2) is 4.39 Å². The first-order valence-electron chi connectivity index (χ1n) is 6.58. The van der Waals surface area contributed by atoms with E-state index in [0.717, 1.165) is 12.8 Å². The largest absolute Gasteiger partial charge is 0.381 e. The second-order valence-corrected chi connectivity index (χ2v) is 4.56. The highest BCUT2D eigenvalue weighted by Crippen LogP contribution is 2.12. The summed E-state index contributed by atoms with van der Waals surface area (Å²) in [5, 5.41) is 2.82. The fourth-order valence-electron chi connectivity index (χ4n) is 2.04. The molecule has 4 nitrogen and oxygen atoms in total. The molecule has 1 aromatic rings. The van der Waals surface area contributed by atoms with Crippen LogP contribution in [0.2, 0.25) is 0 Å². The first-order valence-corrected chi connectivity index (χ1v) is 6.58. The van der Waals surface area contributed by atoms with Crippen molar-refractivity contribution < 1.29 is 13.9 Å². The van der Waals surface area contributed by atoms with Crippen LogP contribution >= 0.6 is 0 Å². The maximum absolute atomic E-state index is 13.9. The van der Waals surface area contributed by atoms with E-state index in [1.165, 1.54) is 12.1 Å². The predicted octanol–water partition coefficient (Wildman–Crippen LogP) is 1.04. The molecular formula is C15H17FN2O2. The van der Waals surface area contributed by atoms with Crippen molar-refractivity contribution in [2.75, 3.05) is 19.8 Å². The summed E-state index contributed by atoms with van der Waals surface area (Å²) in [5.41, 5.74) is 5.80. The molecule has 3 N–H and O–H groups in total. The van der Waals surface area contributed by atoms with Gasteiger partial charge in [-0.05, 0) is 31.0 Å². The zero-order valence-electron chi connectivity index (χ0n) is 11.1. The molecule has 1 heterocycles. The van der Waals surface area contributed by atoms with Crippen molar-refractivity contribution in [1.82, 2.24) is 5.32 Å². The monoisotopic (exact) mass is 276 g/mol. The second-order valence-electron chi connectivity index (χ2n) is 4.56. The Hall–Kier alpha value is -1.90. The van der Waals surface area contributed by atoms with Gasteiger partial charge in [0.2, 0.25) is 0 Å². The lowest BCUT2D eigenvalue weighted by atomic mass is 10.1. The lowest BCUT2D eigenvalue weighted by Crippen LogP contribution is -2.39. The summed E-state index contributed by atoms with van der Waals surface area (Å²) in [5.74, 6) is 4.41. The number of nitrogens with one attached hydrogen (secondary N) is 1. The number of halogens is 1. The fourth-order valence-corrected chi connectivity index (χ4v) is 2.04. The van der Waals surface area contributed by atoms with Crippen LogP contribution in [0.5, 0.6) is 0 Å². The zero-order valence-corrected chi connectivity index (χ0v) is 11.1. The molecule has 0 unspecified atom stereocenters. The molecule has 1 saturated heterocycles. The highest BCUT2D eigenvalue weighted by atomic mass is 19.1.